The predicted molar refractivity (Wildman–Crippen MR) is 131 cm³/mol. The number of carbonyl (C=O) groups is 1. The summed E-state index contributed by atoms with van der Waals surface area (Å²) in [5.41, 5.74) is 5.36. The van der Waals surface area contributed by atoms with Crippen LogP contribution in [0.5, 0.6) is 5.75 Å². The highest BCUT2D eigenvalue weighted by Gasteiger charge is 2.16. The van der Waals surface area contributed by atoms with Crippen LogP contribution in [0.25, 0.3) is 11.3 Å². The highest BCUT2D eigenvalue weighted by Crippen LogP contribution is 2.26. The number of hydrogen-bond acceptors (Lipinski definition) is 4. The summed E-state index contributed by atoms with van der Waals surface area (Å²) in [5, 5.41) is 12.6. The molecule has 0 atom stereocenters. The van der Waals surface area contributed by atoms with Gasteiger partial charge in [-0.3, -0.25) is 4.79 Å². The van der Waals surface area contributed by atoms with Gasteiger partial charge in [-0.15, -0.1) is 0 Å². The molecule has 0 aliphatic carbocycles. The highest BCUT2D eigenvalue weighted by molar-refractivity contribution is 5.90. The minimum Gasteiger partial charge on any atom is -0.508 e. The van der Waals surface area contributed by atoms with E-state index in [1.807, 2.05) is 67.6 Å². The standard InChI is InChI=1S/C28H27N3O2/c1-20-27(23-15-17-24(32)18-16-23)30-25(19-22-11-6-3-7-12-22)28(29-20)31-26(33)14-8-13-21-9-4-2-5-10-21/h2-7,9-12,15-18,32H,8,13-14,19H2,1H3,(H,29,31,33). The number of benzene rings is 3. The van der Waals surface area contributed by atoms with E-state index in [0.717, 1.165) is 35.4 Å². The summed E-state index contributed by atoms with van der Waals surface area (Å²) in [6.45, 7) is 1.88. The third-order valence-corrected chi connectivity index (χ3v) is 5.47. The Morgan fingerprint density at radius 2 is 1.48 bits per heavy atom. The Kier molecular flexibility index (Phi) is 7.10. The Labute approximate surface area is 194 Å². The van der Waals surface area contributed by atoms with Crippen molar-refractivity contribution in [2.24, 2.45) is 0 Å². The number of aryl methyl sites for hydroxylation is 2. The summed E-state index contributed by atoms with van der Waals surface area (Å²) in [5.74, 6) is 0.642. The van der Waals surface area contributed by atoms with Gasteiger partial charge in [-0.25, -0.2) is 9.97 Å². The van der Waals surface area contributed by atoms with Crippen LogP contribution in [-0.4, -0.2) is 21.0 Å². The summed E-state index contributed by atoms with van der Waals surface area (Å²) in [7, 11) is 0. The second kappa shape index (κ2) is 10.6. The summed E-state index contributed by atoms with van der Waals surface area (Å²) in [6, 6.07) is 27.1. The third kappa shape index (κ3) is 6.04. The fraction of sp³-hybridized carbons (Fsp3) is 0.179. The SMILES string of the molecule is Cc1nc(NC(=O)CCCc2ccccc2)c(Cc2ccccc2)nc1-c1ccc(O)cc1. The first-order valence-corrected chi connectivity index (χ1v) is 11.1. The number of aromatic hydroxyl groups is 1. The topological polar surface area (TPSA) is 75.1 Å². The molecule has 4 aromatic rings. The van der Waals surface area contributed by atoms with Crippen LogP contribution in [0.3, 0.4) is 0 Å². The Balaban J connectivity index is 1.55. The van der Waals surface area contributed by atoms with Crippen molar-refractivity contribution in [2.45, 2.75) is 32.6 Å². The van der Waals surface area contributed by atoms with E-state index in [0.29, 0.717) is 24.4 Å². The van der Waals surface area contributed by atoms with E-state index in [1.54, 1.807) is 12.1 Å². The molecule has 5 nitrogen and oxygen atoms in total. The highest BCUT2D eigenvalue weighted by atomic mass is 16.3. The molecule has 0 saturated carbocycles. The van der Waals surface area contributed by atoms with Gasteiger partial charge in [0.15, 0.2) is 5.82 Å². The van der Waals surface area contributed by atoms with Gasteiger partial charge in [0.25, 0.3) is 0 Å². The van der Waals surface area contributed by atoms with Crippen LogP contribution in [0.1, 0.15) is 35.4 Å². The lowest BCUT2D eigenvalue weighted by Crippen LogP contribution is -2.16. The van der Waals surface area contributed by atoms with E-state index in [9.17, 15) is 9.90 Å². The summed E-state index contributed by atoms with van der Waals surface area (Å²) in [6.07, 6.45) is 2.59. The lowest BCUT2D eigenvalue weighted by molar-refractivity contribution is -0.116. The van der Waals surface area contributed by atoms with Gasteiger partial charge in [-0.2, -0.15) is 0 Å². The van der Waals surface area contributed by atoms with E-state index in [1.165, 1.54) is 5.56 Å². The van der Waals surface area contributed by atoms with Gasteiger partial charge in [0.1, 0.15) is 5.75 Å². The third-order valence-electron chi connectivity index (χ3n) is 5.47. The number of phenols is 1. The molecular weight excluding hydrogens is 410 g/mol. The second-order valence-corrected chi connectivity index (χ2v) is 8.05. The van der Waals surface area contributed by atoms with Crippen LogP contribution < -0.4 is 5.32 Å². The number of nitrogens with one attached hydrogen (secondary N) is 1. The fourth-order valence-electron chi connectivity index (χ4n) is 3.75. The van der Waals surface area contributed by atoms with E-state index < -0.39 is 0 Å². The number of carbonyl (C=O) groups excluding carboxylic acids is 1. The molecule has 166 valence electrons. The maximum atomic E-state index is 12.7. The molecule has 0 aliphatic rings. The molecule has 0 saturated heterocycles. The molecule has 4 rings (SSSR count). The average molecular weight is 438 g/mol. The normalized spacial score (nSPS) is 10.7. The van der Waals surface area contributed by atoms with Crippen LogP contribution in [0.15, 0.2) is 84.9 Å². The lowest BCUT2D eigenvalue weighted by Gasteiger charge is -2.14. The van der Waals surface area contributed by atoms with Crippen molar-refractivity contribution in [1.29, 1.82) is 0 Å². The van der Waals surface area contributed by atoms with Crippen molar-refractivity contribution in [3.8, 4) is 17.0 Å². The minimum absolute atomic E-state index is 0.0636. The van der Waals surface area contributed by atoms with Crippen LogP contribution in [-0.2, 0) is 17.6 Å². The van der Waals surface area contributed by atoms with Gasteiger partial charge >= 0.3 is 0 Å². The zero-order chi connectivity index (χ0) is 23.0. The number of phenolic OH excluding ortho intramolecular Hbond substituents is 1. The number of nitrogens with zero attached hydrogens (tertiary/aromatic N) is 2. The molecule has 0 unspecified atom stereocenters. The fourth-order valence-corrected chi connectivity index (χ4v) is 3.75. The molecule has 0 bridgehead atoms. The second-order valence-electron chi connectivity index (χ2n) is 8.05. The maximum Gasteiger partial charge on any atom is 0.225 e. The molecule has 1 aromatic heterocycles. The van der Waals surface area contributed by atoms with E-state index in [-0.39, 0.29) is 11.7 Å². The molecule has 5 heteroatoms. The first-order chi connectivity index (χ1) is 16.1. The molecule has 2 N–H and O–H groups in total. The molecule has 0 radical (unpaired) electrons. The van der Waals surface area contributed by atoms with Crippen LogP contribution in [0.2, 0.25) is 0 Å². The lowest BCUT2D eigenvalue weighted by atomic mass is 10.1. The van der Waals surface area contributed by atoms with Gasteiger partial charge in [0.05, 0.1) is 17.1 Å². The Bertz CT molecular complexity index is 1210. The minimum atomic E-state index is -0.0636. The van der Waals surface area contributed by atoms with Crippen LogP contribution in [0.4, 0.5) is 5.82 Å². The molecule has 1 amide bonds. The van der Waals surface area contributed by atoms with Crippen LogP contribution in [0, 0.1) is 6.92 Å². The summed E-state index contributed by atoms with van der Waals surface area (Å²) < 4.78 is 0. The van der Waals surface area contributed by atoms with Crippen LogP contribution >= 0.6 is 0 Å². The molecule has 0 aliphatic heterocycles. The number of hydrogen-bond donors (Lipinski definition) is 2. The molecule has 0 spiro atoms. The number of rotatable bonds is 8. The van der Waals surface area contributed by atoms with Crippen molar-refractivity contribution in [2.75, 3.05) is 5.32 Å². The van der Waals surface area contributed by atoms with Crippen molar-refractivity contribution in [1.82, 2.24) is 9.97 Å². The summed E-state index contributed by atoms with van der Waals surface area (Å²) >= 11 is 0. The molecule has 0 fully saturated rings. The predicted octanol–water partition coefficient (Wildman–Crippen LogP) is 5.71. The van der Waals surface area contributed by atoms with Crippen molar-refractivity contribution < 1.29 is 9.90 Å². The quantitative estimate of drug-likeness (QED) is 0.370. The number of aromatic nitrogens is 2. The van der Waals surface area contributed by atoms with E-state index in [2.05, 4.69) is 17.4 Å². The largest absolute Gasteiger partial charge is 0.508 e. The maximum absolute atomic E-state index is 12.7. The first kappa shape index (κ1) is 22.2. The number of anilines is 1. The van der Waals surface area contributed by atoms with Gasteiger partial charge in [0, 0.05) is 18.4 Å². The molecule has 33 heavy (non-hydrogen) atoms. The van der Waals surface area contributed by atoms with Gasteiger partial charge < -0.3 is 10.4 Å². The van der Waals surface area contributed by atoms with Gasteiger partial charge in [0.2, 0.25) is 5.91 Å². The average Bonchev–Trinajstić information content (AvgIpc) is 2.83. The Morgan fingerprint density at radius 1 is 0.848 bits per heavy atom. The number of amides is 1. The van der Waals surface area contributed by atoms with E-state index >= 15 is 0 Å². The monoisotopic (exact) mass is 437 g/mol. The molecule has 1 heterocycles. The van der Waals surface area contributed by atoms with E-state index in [4.69, 9.17) is 9.97 Å². The molecular formula is C28H27N3O2. The Hall–Kier alpha value is -3.99. The van der Waals surface area contributed by atoms with Gasteiger partial charge in [-0.05, 0) is 55.2 Å². The molecule has 3 aromatic carbocycles. The van der Waals surface area contributed by atoms with Crippen molar-refractivity contribution >= 4 is 11.7 Å². The zero-order valence-corrected chi connectivity index (χ0v) is 18.7. The summed E-state index contributed by atoms with van der Waals surface area (Å²) in [4.78, 5) is 22.3. The van der Waals surface area contributed by atoms with Gasteiger partial charge in [-0.1, -0.05) is 60.7 Å². The smallest absolute Gasteiger partial charge is 0.225 e. The first-order valence-electron chi connectivity index (χ1n) is 11.1. The Morgan fingerprint density at radius 3 is 2.15 bits per heavy atom. The van der Waals surface area contributed by atoms with Crippen molar-refractivity contribution in [3.63, 3.8) is 0 Å². The van der Waals surface area contributed by atoms with Crippen molar-refractivity contribution in [3.05, 3.63) is 107 Å². The zero-order valence-electron chi connectivity index (χ0n) is 18.7.